The van der Waals surface area contributed by atoms with Crippen LogP contribution in [-0.2, 0) is 17.5 Å². The topological polar surface area (TPSA) is 39.2 Å². The lowest BCUT2D eigenvalue weighted by atomic mass is 10.1. The molecule has 0 amide bonds. The van der Waals surface area contributed by atoms with Crippen LogP contribution in [0.5, 0.6) is 0 Å². The summed E-state index contributed by atoms with van der Waals surface area (Å²) < 4.78 is 44.6. The molecule has 30 heavy (non-hydrogen) atoms. The van der Waals surface area contributed by atoms with Gasteiger partial charge in [-0.1, -0.05) is 41.9 Å². The predicted octanol–water partition coefficient (Wildman–Crippen LogP) is 6.99. The number of para-hydroxylation sites is 1. The van der Waals surface area contributed by atoms with Gasteiger partial charge in [-0.3, -0.25) is 0 Å². The van der Waals surface area contributed by atoms with Gasteiger partial charge in [-0.15, -0.1) is 11.3 Å². The molecule has 0 N–H and O–H groups in total. The first kappa shape index (κ1) is 20.4. The highest BCUT2D eigenvalue weighted by Gasteiger charge is 2.30. The molecule has 0 atom stereocenters. The van der Waals surface area contributed by atoms with Crippen molar-refractivity contribution < 1.29 is 22.7 Å². The maximum atomic E-state index is 12.9. The van der Waals surface area contributed by atoms with E-state index < -0.39 is 17.7 Å². The Morgan fingerprint density at radius 2 is 1.83 bits per heavy atom. The summed E-state index contributed by atoms with van der Waals surface area (Å²) in [5, 5.41) is 0.595. The van der Waals surface area contributed by atoms with Crippen LogP contribution in [-0.4, -0.2) is 11.0 Å². The summed E-state index contributed by atoms with van der Waals surface area (Å²) in [6.07, 6.45) is -4.46. The summed E-state index contributed by atoms with van der Waals surface area (Å²) in [4.78, 5) is 18.2. The second-order valence-corrected chi connectivity index (χ2v) is 8.17. The summed E-state index contributed by atoms with van der Waals surface area (Å²) in [6.45, 7) is -0.278. The second kappa shape index (κ2) is 8.08. The van der Waals surface area contributed by atoms with Crippen LogP contribution >= 0.6 is 22.9 Å². The van der Waals surface area contributed by atoms with Crippen molar-refractivity contribution >= 4 is 39.8 Å². The standard InChI is InChI=1S/C22H13ClF3NO2S/c23-20-9-8-19(30-20)18-11-16(15-6-1-2-7-17(15)27-18)21(28)29-12-13-4-3-5-14(10-13)22(24,25)26/h1-11H,12H2. The minimum Gasteiger partial charge on any atom is -0.457 e. The number of carbonyl (C=O) groups is 1. The van der Waals surface area contributed by atoms with E-state index in [1.54, 1.807) is 36.4 Å². The van der Waals surface area contributed by atoms with Gasteiger partial charge in [0.15, 0.2) is 0 Å². The number of benzene rings is 2. The third kappa shape index (κ3) is 4.32. The van der Waals surface area contributed by atoms with E-state index in [4.69, 9.17) is 16.3 Å². The molecule has 0 fully saturated rings. The number of alkyl halides is 3. The molecule has 0 bridgehead atoms. The number of pyridine rings is 1. The summed E-state index contributed by atoms with van der Waals surface area (Å²) in [6, 6.07) is 17.0. The number of halogens is 4. The van der Waals surface area contributed by atoms with E-state index in [0.29, 0.717) is 20.9 Å². The Morgan fingerprint density at radius 1 is 1.03 bits per heavy atom. The number of carbonyl (C=O) groups excluding carboxylic acids is 1. The SMILES string of the molecule is O=C(OCc1cccc(C(F)(F)F)c1)c1cc(-c2ccc(Cl)s2)nc2ccccc12. The highest BCUT2D eigenvalue weighted by Crippen LogP contribution is 2.33. The van der Waals surface area contributed by atoms with Crippen LogP contribution in [0.3, 0.4) is 0 Å². The van der Waals surface area contributed by atoms with E-state index in [0.717, 1.165) is 17.0 Å². The number of rotatable bonds is 4. The smallest absolute Gasteiger partial charge is 0.416 e. The lowest BCUT2D eigenvalue weighted by Gasteiger charge is -2.11. The highest BCUT2D eigenvalue weighted by molar-refractivity contribution is 7.19. The van der Waals surface area contributed by atoms with Crippen LogP contribution in [0, 0.1) is 0 Å². The fourth-order valence-corrected chi connectivity index (χ4v) is 3.99. The van der Waals surface area contributed by atoms with Crippen molar-refractivity contribution in [2.75, 3.05) is 0 Å². The molecule has 152 valence electrons. The van der Waals surface area contributed by atoms with Gasteiger partial charge >= 0.3 is 12.1 Å². The summed E-state index contributed by atoms with van der Waals surface area (Å²) in [5.74, 6) is -0.644. The van der Waals surface area contributed by atoms with Crippen molar-refractivity contribution in [3.8, 4) is 10.6 Å². The molecular weight excluding hydrogens is 435 g/mol. The van der Waals surface area contributed by atoms with Gasteiger partial charge in [-0.05, 0) is 42.0 Å². The van der Waals surface area contributed by atoms with Crippen LogP contribution in [0.25, 0.3) is 21.5 Å². The summed E-state index contributed by atoms with van der Waals surface area (Å²) >= 11 is 7.34. The molecule has 2 aromatic carbocycles. The second-order valence-electron chi connectivity index (χ2n) is 6.45. The molecular formula is C22H13ClF3NO2S. The molecule has 8 heteroatoms. The number of nitrogens with zero attached hydrogens (tertiary/aromatic N) is 1. The Balaban J connectivity index is 1.64. The first-order valence-corrected chi connectivity index (χ1v) is 9.99. The lowest BCUT2D eigenvalue weighted by molar-refractivity contribution is -0.137. The zero-order valence-corrected chi connectivity index (χ0v) is 16.8. The molecule has 0 unspecified atom stereocenters. The van der Waals surface area contributed by atoms with Crippen molar-refractivity contribution in [3.05, 3.63) is 87.8 Å². The van der Waals surface area contributed by atoms with Crippen molar-refractivity contribution in [2.24, 2.45) is 0 Å². The molecule has 0 spiro atoms. The van der Waals surface area contributed by atoms with Gasteiger partial charge < -0.3 is 4.74 Å². The molecule has 2 heterocycles. The number of esters is 1. The van der Waals surface area contributed by atoms with Crippen LogP contribution in [0.4, 0.5) is 13.2 Å². The average Bonchev–Trinajstić information content (AvgIpc) is 3.17. The zero-order chi connectivity index (χ0) is 21.3. The third-order valence-corrected chi connectivity index (χ3v) is 5.64. The van der Waals surface area contributed by atoms with Crippen molar-refractivity contribution in [1.82, 2.24) is 4.98 Å². The van der Waals surface area contributed by atoms with Gasteiger partial charge in [-0.25, -0.2) is 9.78 Å². The van der Waals surface area contributed by atoms with Crippen LogP contribution < -0.4 is 0 Å². The first-order chi connectivity index (χ1) is 14.3. The zero-order valence-electron chi connectivity index (χ0n) is 15.2. The van der Waals surface area contributed by atoms with E-state index in [1.807, 2.05) is 6.07 Å². The largest absolute Gasteiger partial charge is 0.457 e. The fraction of sp³-hybridized carbons (Fsp3) is 0.0909. The molecule has 0 saturated heterocycles. The summed E-state index contributed by atoms with van der Waals surface area (Å²) in [5.41, 5.74) is 0.915. The predicted molar refractivity (Wildman–Crippen MR) is 111 cm³/mol. The number of fused-ring (bicyclic) bond motifs is 1. The molecule has 4 aromatic rings. The molecule has 0 aliphatic rings. The number of aromatic nitrogens is 1. The third-order valence-electron chi connectivity index (χ3n) is 4.39. The van der Waals surface area contributed by atoms with Crippen LogP contribution in [0.1, 0.15) is 21.5 Å². The number of thiophene rings is 1. The first-order valence-electron chi connectivity index (χ1n) is 8.80. The van der Waals surface area contributed by atoms with Gasteiger partial charge in [0.05, 0.1) is 31.6 Å². The van der Waals surface area contributed by atoms with Gasteiger partial charge in [0.25, 0.3) is 0 Å². The minimum atomic E-state index is -4.46. The van der Waals surface area contributed by atoms with Gasteiger partial charge in [0.2, 0.25) is 0 Å². The Morgan fingerprint density at radius 3 is 2.57 bits per heavy atom. The maximum absolute atomic E-state index is 12.9. The Labute approximate surface area is 178 Å². The highest BCUT2D eigenvalue weighted by atomic mass is 35.5. The van der Waals surface area contributed by atoms with E-state index in [2.05, 4.69) is 4.98 Å². The van der Waals surface area contributed by atoms with Gasteiger partial charge in [-0.2, -0.15) is 13.2 Å². The molecule has 2 aromatic heterocycles. The van der Waals surface area contributed by atoms with E-state index in [9.17, 15) is 18.0 Å². The molecule has 4 rings (SSSR count). The minimum absolute atomic E-state index is 0.252. The normalized spacial score (nSPS) is 11.6. The Bertz CT molecular complexity index is 1240. The lowest BCUT2D eigenvalue weighted by Crippen LogP contribution is -2.09. The number of ether oxygens (including phenoxy) is 1. The van der Waals surface area contributed by atoms with Crippen molar-refractivity contribution in [1.29, 1.82) is 0 Å². The average molecular weight is 448 g/mol. The van der Waals surface area contributed by atoms with E-state index >= 15 is 0 Å². The fourth-order valence-electron chi connectivity index (χ4n) is 2.99. The monoisotopic (exact) mass is 447 g/mol. The molecule has 0 aliphatic carbocycles. The van der Waals surface area contributed by atoms with Crippen molar-refractivity contribution in [3.63, 3.8) is 0 Å². The van der Waals surface area contributed by atoms with Crippen LogP contribution in [0.15, 0.2) is 66.7 Å². The van der Waals surface area contributed by atoms with E-state index in [-0.39, 0.29) is 17.7 Å². The van der Waals surface area contributed by atoms with Crippen molar-refractivity contribution in [2.45, 2.75) is 12.8 Å². The van der Waals surface area contributed by atoms with Gasteiger partial charge in [0.1, 0.15) is 6.61 Å². The molecule has 3 nitrogen and oxygen atoms in total. The Kier molecular flexibility index (Phi) is 5.49. The maximum Gasteiger partial charge on any atom is 0.416 e. The van der Waals surface area contributed by atoms with E-state index in [1.165, 1.54) is 23.5 Å². The number of hydrogen-bond donors (Lipinski definition) is 0. The molecule has 0 radical (unpaired) electrons. The van der Waals surface area contributed by atoms with Gasteiger partial charge in [0, 0.05) is 5.39 Å². The van der Waals surface area contributed by atoms with Crippen LogP contribution in [0.2, 0.25) is 4.34 Å². The Hall–Kier alpha value is -2.90. The molecule has 0 aliphatic heterocycles. The quantitative estimate of drug-likeness (QED) is 0.316. The number of hydrogen-bond acceptors (Lipinski definition) is 4. The molecule has 0 saturated carbocycles. The summed E-state index contributed by atoms with van der Waals surface area (Å²) in [7, 11) is 0.